The van der Waals surface area contributed by atoms with Crippen molar-refractivity contribution in [1.82, 2.24) is 5.32 Å². The summed E-state index contributed by atoms with van der Waals surface area (Å²) in [6, 6.07) is 10.7. The highest BCUT2D eigenvalue weighted by Crippen LogP contribution is 2.41. The zero-order chi connectivity index (χ0) is 36.0. The second-order valence-corrected chi connectivity index (χ2v) is 32.9. The summed E-state index contributed by atoms with van der Waals surface area (Å²) in [5, 5.41) is 3.12. The van der Waals surface area contributed by atoms with Gasteiger partial charge in [0.25, 0.3) is 0 Å². The van der Waals surface area contributed by atoms with E-state index >= 15 is 0 Å². The van der Waals surface area contributed by atoms with Crippen LogP contribution in [0.15, 0.2) is 42.5 Å². The Kier molecular flexibility index (Phi) is 14.9. The first-order chi connectivity index (χ1) is 20.5. The van der Waals surface area contributed by atoms with Crippen molar-refractivity contribution in [3.8, 4) is 0 Å². The van der Waals surface area contributed by atoms with Crippen LogP contribution in [0.3, 0.4) is 0 Å². The van der Waals surface area contributed by atoms with Gasteiger partial charge < -0.3 is 23.3 Å². The summed E-state index contributed by atoms with van der Waals surface area (Å²) in [7, 11) is -6.39. The Labute approximate surface area is 287 Å². The summed E-state index contributed by atoms with van der Waals surface area (Å²) < 4.78 is 26.6. The van der Waals surface area contributed by atoms with Crippen LogP contribution in [0.25, 0.3) is 0 Å². The largest absolute Gasteiger partial charge is 0.444 e. The second kappa shape index (κ2) is 16.0. The number of hydrogen-bond acceptors (Lipinski definition) is 5. The minimum Gasteiger partial charge on any atom is -0.444 e. The highest BCUT2D eigenvalue weighted by Gasteiger charge is 2.43. The number of carbonyl (C=O) groups is 1. The number of benzene rings is 1. The van der Waals surface area contributed by atoms with E-state index in [1.54, 1.807) is 0 Å². The van der Waals surface area contributed by atoms with Crippen LogP contribution in [-0.2, 0) is 24.4 Å². The number of amides is 1. The molecule has 3 atom stereocenters. The molecule has 46 heavy (non-hydrogen) atoms. The average Bonchev–Trinajstić information content (AvgIpc) is 2.84. The van der Waals surface area contributed by atoms with Crippen molar-refractivity contribution >= 4 is 31.0 Å². The maximum atomic E-state index is 12.7. The summed E-state index contributed by atoms with van der Waals surface area (Å²) in [6.45, 7) is 40.7. The van der Waals surface area contributed by atoms with E-state index in [1.807, 2.05) is 20.8 Å². The van der Waals surface area contributed by atoms with Gasteiger partial charge in [0, 0.05) is 19.1 Å². The van der Waals surface area contributed by atoms with Gasteiger partial charge in [-0.25, -0.2) is 4.79 Å². The molecule has 6 nitrogen and oxygen atoms in total. The molecule has 0 aliphatic heterocycles. The maximum Gasteiger partial charge on any atom is 0.407 e. The van der Waals surface area contributed by atoms with E-state index in [-0.39, 0.29) is 33.2 Å². The Bertz CT molecular complexity index is 1110. The molecule has 0 aliphatic rings. The molecule has 0 aliphatic carbocycles. The summed E-state index contributed by atoms with van der Waals surface area (Å²) in [6.07, 6.45) is 4.19. The van der Waals surface area contributed by atoms with Crippen molar-refractivity contribution in [3.05, 3.63) is 48.0 Å². The van der Waals surface area contributed by atoms with Gasteiger partial charge in [-0.3, -0.25) is 0 Å². The van der Waals surface area contributed by atoms with Gasteiger partial charge >= 0.3 is 6.09 Å². The van der Waals surface area contributed by atoms with Gasteiger partial charge in [0.1, 0.15) is 5.60 Å². The molecule has 9 heteroatoms. The molecule has 1 rings (SSSR count). The minimum atomic E-state index is -2.19. The van der Waals surface area contributed by atoms with Gasteiger partial charge in [0.05, 0.1) is 12.2 Å². The molecule has 0 aromatic heterocycles. The third-order valence-corrected chi connectivity index (χ3v) is 23.6. The second-order valence-electron chi connectivity index (χ2n) is 18.5. The number of nitrogens with one attached hydrogen (secondary N) is 1. The lowest BCUT2D eigenvalue weighted by atomic mass is 9.94. The number of alkyl carbamates (subject to hydrolysis) is 1. The first-order valence-corrected chi connectivity index (χ1v) is 25.9. The van der Waals surface area contributed by atoms with Crippen LogP contribution in [-0.4, -0.2) is 62.0 Å². The molecule has 0 saturated carbocycles. The Hall–Kier alpha value is -1.24. The highest BCUT2D eigenvalue weighted by atomic mass is 28.4. The maximum absolute atomic E-state index is 12.7. The third-order valence-electron chi connectivity index (χ3n) is 10.1. The number of carbonyl (C=O) groups excluding carboxylic acids is 1. The van der Waals surface area contributed by atoms with Gasteiger partial charge in [0.2, 0.25) is 0 Å². The molecule has 0 radical (unpaired) electrons. The Morgan fingerprint density at radius 3 is 1.65 bits per heavy atom. The van der Waals surface area contributed by atoms with Crippen LogP contribution in [0.4, 0.5) is 4.79 Å². The Morgan fingerprint density at radius 1 is 0.717 bits per heavy atom. The summed E-state index contributed by atoms with van der Waals surface area (Å²) in [5.41, 5.74) is 0.691. The zero-order valence-corrected chi connectivity index (χ0v) is 35.9. The molecule has 1 aromatic rings. The van der Waals surface area contributed by atoms with E-state index in [4.69, 9.17) is 18.0 Å². The molecular formula is C37H71NO5Si3. The minimum absolute atomic E-state index is 0.00883. The Balaban J connectivity index is 3.65. The molecular weight excluding hydrogens is 623 g/mol. The normalized spacial score (nSPS) is 16.3. The summed E-state index contributed by atoms with van der Waals surface area (Å²) in [5.74, 6) is 0.0919. The summed E-state index contributed by atoms with van der Waals surface area (Å²) >= 11 is 0. The smallest absolute Gasteiger partial charge is 0.407 e. The predicted octanol–water partition coefficient (Wildman–Crippen LogP) is 10.7. The van der Waals surface area contributed by atoms with Gasteiger partial charge in [-0.05, 0) is 87.2 Å². The van der Waals surface area contributed by atoms with Gasteiger partial charge in [-0.15, -0.1) is 0 Å². The first kappa shape index (κ1) is 42.8. The van der Waals surface area contributed by atoms with E-state index in [0.717, 1.165) is 6.42 Å². The van der Waals surface area contributed by atoms with Gasteiger partial charge in [0.15, 0.2) is 25.0 Å². The lowest BCUT2D eigenvalue weighted by Crippen LogP contribution is -2.48. The number of rotatable bonds is 14. The van der Waals surface area contributed by atoms with E-state index in [9.17, 15) is 4.79 Å². The van der Waals surface area contributed by atoms with Crippen molar-refractivity contribution in [2.24, 2.45) is 5.92 Å². The van der Waals surface area contributed by atoms with Gasteiger partial charge in [-0.1, -0.05) is 105 Å². The van der Waals surface area contributed by atoms with E-state index in [2.05, 4.69) is 149 Å². The van der Waals surface area contributed by atoms with E-state index in [0.29, 0.717) is 13.2 Å². The van der Waals surface area contributed by atoms with Crippen LogP contribution in [0.2, 0.25) is 54.4 Å². The van der Waals surface area contributed by atoms with Crippen LogP contribution in [0, 0.1) is 5.92 Å². The molecule has 0 unspecified atom stereocenters. The predicted molar refractivity (Wildman–Crippen MR) is 204 cm³/mol. The fourth-order valence-electron chi connectivity index (χ4n) is 3.96. The first-order valence-electron chi connectivity index (χ1n) is 17.2. The van der Waals surface area contributed by atoms with Crippen molar-refractivity contribution in [1.29, 1.82) is 0 Å². The fourth-order valence-corrected chi connectivity index (χ4v) is 7.61. The van der Waals surface area contributed by atoms with Crippen LogP contribution in [0.1, 0.15) is 88.6 Å². The van der Waals surface area contributed by atoms with Crippen LogP contribution < -0.4 is 5.32 Å². The van der Waals surface area contributed by atoms with Crippen molar-refractivity contribution in [2.45, 2.75) is 162 Å². The molecule has 1 N–H and O–H groups in total. The molecule has 0 fully saturated rings. The van der Waals surface area contributed by atoms with E-state index in [1.165, 1.54) is 5.56 Å². The number of hydrogen-bond donors (Lipinski definition) is 1. The third kappa shape index (κ3) is 14.1. The van der Waals surface area contributed by atoms with Crippen molar-refractivity contribution < 1.29 is 22.8 Å². The molecule has 0 saturated heterocycles. The van der Waals surface area contributed by atoms with Crippen molar-refractivity contribution in [3.63, 3.8) is 0 Å². The number of ether oxygens (including phenoxy) is 1. The lowest BCUT2D eigenvalue weighted by Gasteiger charge is -2.42. The van der Waals surface area contributed by atoms with Crippen LogP contribution in [0.5, 0.6) is 0 Å². The quantitative estimate of drug-likeness (QED) is 0.155. The Morgan fingerprint density at radius 2 is 1.20 bits per heavy atom. The molecule has 1 aromatic carbocycles. The zero-order valence-electron chi connectivity index (χ0n) is 32.9. The molecule has 0 spiro atoms. The average molecular weight is 694 g/mol. The highest BCUT2D eigenvalue weighted by molar-refractivity contribution is 6.75. The molecule has 266 valence electrons. The molecule has 1 amide bonds. The van der Waals surface area contributed by atoms with Crippen LogP contribution >= 0.6 is 0 Å². The van der Waals surface area contributed by atoms with Gasteiger partial charge in [-0.2, -0.15) is 0 Å². The monoisotopic (exact) mass is 693 g/mol. The topological polar surface area (TPSA) is 66.0 Å². The molecule has 0 heterocycles. The molecule has 0 bridgehead atoms. The van der Waals surface area contributed by atoms with E-state index < -0.39 is 36.6 Å². The lowest BCUT2D eigenvalue weighted by molar-refractivity contribution is 0.0507. The SMILES string of the molecule is CC(C)(C)OC(=O)NC[C@@H](/C=C\[C@@H](O[Si](C)(C)C(C)(C)C)[C@@H](CO[Si](C)(C)C(C)(C)C)Cc1ccccc1)O[Si](C)(C)C(C)(C)C. The summed E-state index contributed by atoms with van der Waals surface area (Å²) in [4.78, 5) is 12.7. The standard InChI is InChI=1S/C37H71NO5Si3/c1-34(2,3)41-33(39)38-27-31(42-45(15,16)36(7,8)9)24-25-32(43-46(17,18)37(10,11)12)30(26-29-22-20-19-21-23-29)28-40-44(13,14)35(4,5)6/h19-25,30-32H,26-28H2,1-18H3,(H,38,39)/b25-24-/t30-,31-,32-/m1/s1. The fraction of sp³-hybridized carbons (Fsp3) is 0.757. The van der Waals surface area contributed by atoms with Crippen molar-refractivity contribution in [2.75, 3.05) is 13.2 Å².